The lowest BCUT2D eigenvalue weighted by molar-refractivity contribution is 0.403. The van der Waals surface area contributed by atoms with E-state index in [9.17, 15) is 0 Å². The molecule has 4 aromatic rings. The summed E-state index contributed by atoms with van der Waals surface area (Å²) in [6.45, 7) is 6.31. The number of aromatic nitrogens is 3. The highest BCUT2D eigenvalue weighted by Crippen LogP contribution is 2.47. The lowest BCUT2D eigenvalue weighted by Crippen LogP contribution is -2.30. The van der Waals surface area contributed by atoms with Gasteiger partial charge in [0.1, 0.15) is 17.3 Å². The fourth-order valence-corrected chi connectivity index (χ4v) is 5.34. The van der Waals surface area contributed by atoms with E-state index in [-0.39, 0.29) is 12.1 Å². The van der Waals surface area contributed by atoms with Gasteiger partial charge in [0.25, 0.3) is 0 Å². The molecular weight excluding hydrogens is 470 g/mol. The molecule has 0 spiro atoms. The Balaban J connectivity index is 1.72. The molecule has 1 aliphatic heterocycles. The largest absolute Gasteiger partial charge is 0.497 e. The molecule has 1 aromatic carbocycles. The maximum Gasteiger partial charge on any atom is 0.174 e. The molecule has 3 aromatic heterocycles. The smallest absolute Gasteiger partial charge is 0.174 e. The van der Waals surface area contributed by atoms with Crippen LogP contribution in [-0.2, 0) is 0 Å². The van der Waals surface area contributed by atoms with Crippen molar-refractivity contribution in [3.8, 4) is 17.3 Å². The summed E-state index contributed by atoms with van der Waals surface area (Å²) in [6.07, 6.45) is 3.66. The molecular formula is C28H29N5O2S. The van der Waals surface area contributed by atoms with Gasteiger partial charge in [0.2, 0.25) is 0 Å². The predicted molar refractivity (Wildman–Crippen MR) is 145 cm³/mol. The van der Waals surface area contributed by atoms with Gasteiger partial charge in [-0.3, -0.25) is 4.98 Å². The monoisotopic (exact) mass is 499 g/mol. The zero-order chi connectivity index (χ0) is 25.4. The summed E-state index contributed by atoms with van der Waals surface area (Å²) in [5.41, 5.74) is 6.21. The number of methoxy groups -OCH3 is 2. The average Bonchev–Trinajstić information content (AvgIpc) is 3.38. The maximum atomic E-state index is 5.93. The number of anilines is 1. The van der Waals surface area contributed by atoms with Crippen LogP contribution in [0.15, 0.2) is 67.0 Å². The number of ether oxygens (including phenoxy) is 2. The van der Waals surface area contributed by atoms with Gasteiger partial charge in [-0.15, -0.1) is 0 Å². The molecule has 36 heavy (non-hydrogen) atoms. The highest BCUT2D eigenvalue weighted by molar-refractivity contribution is 7.80. The first-order valence-electron chi connectivity index (χ1n) is 11.8. The van der Waals surface area contributed by atoms with Gasteiger partial charge in [0.15, 0.2) is 5.11 Å². The summed E-state index contributed by atoms with van der Waals surface area (Å²) in [6, 6.07) is 17.7. The molecule has 5 rings (SSSR count). The molecule has 0 amide bonds. The van der Waals surface area contributed by atoms with Crippen molar-refractivity contribution in [2.24, 2.45) is 0 Å². The van der Waals surface area contributed by atoms with Gasteiger partial charge in [-0.25, -0.2) is 4.98 Å². The van der Waals surface area contributed by atoms with Crippen molar-refractivity contribution in [2.75, 3.05) is 19.1 Å². The molecule has 0 radical (unpaired) electrons. The van der Waals surface area contributed by atoms with Crippen LogP contribution in [0.25, 0.3) is 5.82 Å². The average molecular weight is 500 g/mol. The Kier molecular flexibility index (Phi) is 6.36. The summed E-state index contributed by atoms with van der Waals surface area (Å²) < 4.78 is 13.5. The molecule has 0 bridgehead atoms. The number of nitrogens with one attached hydrogen (secondary N) is 1. The second-order valence-corrected chi connectivity index (χ2v) is 9.27. The number of aryl methyl sites for hydroxylation is 2. The first-order chi connectivity index (χ1) is 17.4. The van der Waals surface area contributed by atoms with Crippen LogP contribution in [0.1, 0.15) is 40.3 Å². The molecule has 2 atom stereocenters. The van der Waals surface area contributed by atoms with E-state index < -0.39 is 0 Å². The maximum absolute atomic E-state index is 5.93. The van der Waals surface area contributed by atoms with Crippen molar-refractivity contribution >= 4 is 23.0 Å². The van der Waals surface area contributed by atoms with Crippen molar-refractivity contribution in [1.29, 1.82) is 0 Å². The summed E-state index contributed by atoms with van der Waals surface area (Å²) >= 11 is 5.93. The third-order valence-corrected chi connectivity index (χ3v) is 6.98. The second kappa shape index (κ2) is 9.62. The number of rotatable bonds is 6. The molecule has 0 unspecified atom stereocenters. The quantitative estimate of drug-likeness (QED) is 0.357. The van der Waals surface area contributed by atoms with Crippen LogP contribution >= 0.6 is 12.2 Å². The Labute approximate surface area is 216 Å². The molecule has 8 heteroatoms. The molecule has 0 aliphatic carbocycles. The number of pyridine rings is 2. The summed E-state index contributed by atoms with van der Waals surface area (Å²) in [4.78, 5) is 11.4. The van der Waals surface area contributed by atoms with E-state index >= 15 is 0 Å². The highest BCUT2D eigenvalue weighted by Gasteiger charge is 2.43. The van der Waals surface area contributed by atoms with Gasteiger partial charge in [-0.2, -0.15) is 0 Å². The van der Waals surface area contributed by atoms with Crippen LogP contribution in [0, 0.1) is 20.8 Å². The van der Waals surface area contributed by atoms with Gasteiger partial charge < -0.3 is 24.3 Å². The van der Waals surface area contributed by atoms with Gasteiger partial charge >= 0.3 is 0 Å². The van der Waals surface area contributed by atoms with Gasteiger partial charge in [0, 0.05) is 29.8 Å². The molecule has 7 nitrogen and oxygen atoms in total. The number of nitrogens with zero attached hydrogens (tertiary/aromatic N) is 4. The van der Waals surface area contributed by atoms with Crippen molar-refractivity contribution in [3.05, 3.63) is 95.2 Å². The molecule has 1 N–H and O–H groups in total. The Morgan fingerprint density at radius 1 is 0.917 bits per heavy atom. The van der Waals surface area contributed by atoms with E-state index in [2.05, 4.69) is 57.7 Å². The van der Waals surface area contributed by atoms with Crippen molar-refractivity contribution in [1.82, 2.24) is 19.9 Å². The summed E-state index contributed by atoms with van der Waals surface area (Å²) in [7, 11) is 3.32. The van der Waals surface area contributed by atoms with Crippen LogP contribution < -0.4 is 19.7 Å². The van der Waals surface area contributed by atoms with Gasteiger partial charge in [-0.1, -0.05) is 6.07 Å². The van der Waals surface area contributed by atoms with Crippen LogP contribution in [0.2, 0.25) is 0 Å². The van der Waals surface area contributed by atoms with E-state index in [0.29, 0.717) is 10.9 Å². The first-order valence-corrected chi connectivity index (χ1v) is 12.2. The Morgan fingerprint density at radius 3 is 2.44 bits per heavy atom. The molecule has 0 saturated carbocycles. The van der Waals surface area contributed by atoms with Gasteiger partial charge in [0.05, 0.1) is 37.7 Å². The van der Waals surface area contributed by atoms with Crippen molar-refractivity contribution in [3.63, 3.8) is 0 Å². The van der Waals surface area contributed by atoms with E-state index in [1.165, 1.54) is 0 Å². The molecule has 184 valence electrons. The van der Waals surface area contributed by atoms with Crippen LogP contribution in [-0.4, -0.2) is 33.9 Å². The molecule has 4 heterocycles. The number of thiocarbonyl (C=S) groups is 1. The van der Waals surface area contributed by atoms with Crippen LogP contribution in [0.5, 0.6) is 11.5 Å². The SMILES string of the molecule is COc1ccc(OC)c(N2C(=S)N[C@@H](c3ccccn3)[C@H]2c2cc(C)n(-c3cc(C)ccn3)c2C)c1. The second-order valence-electron chi connectivity index (χ2n) is 8.89. The normalized spacial score (nSPS) is 17.2. The zero-order valence-corrected chi connectivity index (χ0v) is 21.8. The van der Waals surface area contributed by atoms with Crippen molar-refractivity contribution < 1.29 is 9.47 Å². The zero-order valence-electron chi connectivity index (χ0n) is 21.0. The Morgan fingerprint density at radius 2 is 1.75 bits per heavy atom. The highest BCUT2D eigenvalue weighted by atomic mass is 32.1. The number of hydrogen-bond acceptors (Lipinski definition) is 5. The third kappa shape index (κ3) is 4.07. The summed E-state index contributed by atoms with van der Waals surface area (Å²) in [5.74, 6) is 2.33. The lowest BCUT2D eigenvalue weighted by atomic mass is 9.96. The molecule has 1 fully saturated rings. The van der Waals surface area contributed by atoms with E-state index in [4.69, 9.17) is 21.7 Å². The van der Waals surface area contributed by atoms with Crippen LogP contribution in [0.4, 0.5) is 5.69 Å². The summed E-state index contributed by atoms with van der Waals surface area (Å²) in [5, 5.41) is 4.13. The number of benzene rings is 1. The first kappa shape index (κ1) is 23.8. The molecule has 1 saturated heterocycles. The van der Waals surface area contributed by atoms with E-state index in [0.717, 1.165) is 45.5 Å². The fraction of sp³-hybridized carbons (Fsp3) is 0.250. The number of hydrogen-bond donors (Lipinski definition) is 1. The minimum Gasteiger partial charge on any atom is -0.497 e. The molecule has 1 aliphatic rings. The Hall–Kier alpha value is -3.91. The fourth-order valence-electron chi connectivity index (χ4n) is 5.00. The lowest BCUT2D eigenvalue weighted by Gasteiger charge is -2.29. The van der Waals surface area contributed by atoms with E-state index in [1.54, 1.807) is 14.2 Å². The van der Waals surface area contributed by atoms with E-state index in [1.807, 2.05) is 54.9 Å². The third-order valence-electron chi connectivity index (χ3n) is 6.66. The van der Waals surface area contributed by atoms with Crippen LogP contribution in [0.3, 0.4) is 0 Å². The topological polar surface area (TPSA) is 64.4 Å². The predicted octanol–water partition coefficient (Wildman–Crippen LogP) is 5.39. The minimum absolute atomic E-state index is 0.172. The van der Waals surface area contributed by atoms with Crippen molar-refractivity contribution in [2.45, 2.75) is 32.9 Å². The Bertz CT molecular complexity index is 1420. The minimum atomic E-state index is -0.182. The van der Waals surface area contributed by atoms with Gasteiger partial charge in [-0.05, 0) is 86.6 Å². The standard InChI is InChI=1S/C28H29N5O2S/c1-17-11-13-30-25(14-17)32-18(2)15-21(19(32)3)27-26(22-8-6-7-12-29-22)31-28(36)33(27)23-16-20(34-4)9-10-24(23)35-5/h6-16,26-27H,1-5H3,(H,31,36)/t26-,27+/m0/s1.